The molecule has 0 saturated carbocycles. The minimum absolute atomic E-state index is 0.0249. The van der Waals surface area contributed by atoms with Crippen molar-refractivity contribution in [1.29, 1.82) is 0 Å². The quantitative estimate of drug-likeness (QED) is 0.633. The number of carboxylic acid groups (broad SMARTS) is 1. The van der Waals surface area contributed by atoms with Crippen molar-refractivity contribution in [2.75, 3.05) is 5.32 Å². The Hall–Kier alpha value is -3.75. The van der Waals surface area contributed by atoms with Gasteiger partial charge in [-0.15, -0.1) is 0 Å². The Balaban J connectivity index is 1.82. The van der Waals surface area contributed by atoms with Crippen molar-refractivity contribution in [3.05, 3.63) is 65.9 Å². The average Bonchev–Trinajstić information content (AvgIpc) is 3.08. The minimum Gasteiger partial charge on any atom is -0.477 e. The summed E-state index contributed by atoms with van der Waals surface area (Å²) < 4.78 is 18.3. The van der Waals surface area contributed by atoms with E-state index in [9.17, 15) is 19.1 Å². The summed E-state index contributed by atoms with van der Waals surface area (Å²) in [6.07, 6.45) is 3.03. The summed E-state index contributed by atoms with van der Waals surface area (Å²) in [6, 6.07) is 7.15. The highest BCUT2D eigenvalue weighted by molar-refractivity contribution is 5.96. The highest BCUT2D eigenvalue weighted by Crippen LogP contribution is 2.29. The molecule has 3 rings (SSSR count). The monoisotopic (exact) mass is 370 g/mol. The van der Waals surface area contributed by atoms with E-state index in [1.165, 1.54) is 30.5 Å². The molecular weight excluding hydrogens is 355 g/mol. The number of hydrogen-bond donors (Lipinski definition) is 3. The van der Waals surface area contributed by atoms with Crippen LogP contribution in [0.1, 0.15) is 29.1 Å². The molecule has 0 aliphatic rings. The van der Waals surface area contributed by atoms with E-state index in [2.05, 4.69) is 20.8 Å². The van der Waals surface area contributed by atoms with Crippen molar-refractivity contribution in [2.45, 2.75) is 13.0 Å². The predicted molar refractivity (Wildman–Crippen MR) is 93.7 cm³/mol. The Morgan fingerprint density at radius 3 is 2.59 bits per heavy atom. The van der Waals surface area contributed by atoms with Crippen LogP contribution in [-0.2, 0) is 0 Å². The molecule has 0 spiro atoms. The zero-order valence-electron chi connectivity index (χ0n) is 14.1. The van der Waals surface area contributed by atoms with Crippen LogP contribution in [0.15, 0.2) is 53.3 Å². The first-order valence-corrected chi connectivity index (χ1v) is 7.92. The predicted octanol–water partition coefficient (Wildman–Crippen LogP) is 3.46. The fraction of sp³-hybridized carbons (Fsp3) is 0.111. The van der Waals surface area contributed by atoms with Crippen molar-refractivity contribution >= 4 is 17.7 Å². The number of carbonyl (C=O) groups is 2. The number of amides is 2. The standard InChI is InChI=1S/C18H15FN4O4/c1-10(21-18(26)22-13-3-2-8-20-9-13)16-14(17(24)25)15(23-27-16)11-4-6-12(19)7-5-11/h2-10H,1H3,(H,24,25)(H2,21,22,26)/t10-/m1/s1. The van der Waals surface area contributed by atoms with E-state index >= 15 is 0 Å². The largest absolute Gasteiger partial charge is 0.477 e. The number of aromatic nitrogens is 2. The van der Waals surface area contributed by atoms with Crippen molar-refractivity contribution in [3.63, 3.8) is 0 Å². The summed E-state index contributed by atoms with van der Waals surface area (Å²) in [7, 11) is 0. The van der Waals surface area contributed by atoms with Gasteiger partial charge in [0.1, 0.15) is 17.1 Å². The van der Waals surface area contributed by atoms with E-state index in [1.807, 2.05) is 0 Å². The lowest BCUT2D eigenvalue weighted by atomic mass is 10.0. The summed E-state index contributed by atoms with van der Waals surface area (Å²) in [5.74, 6) is -1.75. The number of nitrogens with one attached hydrogen (secondary N) is 2. The first-order valence-electron chi connectivity index (χ1n) is 7.92. The molecule has 0 fully saturated rings. The molecular formula is C18H15FN4O4. The molecule has 3 N–H and O–H groups in total. The Morgan fingerprint density at radius 1 is 1.22 bits per heavy atom. The normalized spacial score (nSPS) is 11.6. The first kappa shape index (κ1) is 18.1. The highest BCUT2D eigenvalue weighted by atomic mass is 19.1. The van der Waals surface area contributed by atoms with E-state index < -0.39 is 23.9 Å². The molecule has 138 valence electrons. The molecule has 3 aromatic rings. The number of benzene rings is 1. The van der Waals surface area contributed by atoms with Crippen molar-refractivity contribution in [1.82, 2.24) is 15.5 Å². The van der Waals surface area contributed by atoms with E-state index in [0.717, 1.165) is 0 Å². The van der Waals surface area contributed by atoms with E-state index in [1.54, 1.807) is 25.3 Å². The van der Waals surface area contributed by atoms with Gasteiger partial charge in [-0.2, -0.15) is 0 Å². The van der Waals surface area contributed by atoms with Gasteiger partial charge in [-0.05, 0) is 43.3 Å². The molecule has 1 atom stereocenters. The van der Waals surface area contributed by atoms with Crippen molar-refractivity contribution in [3.8, 4) is 11.3 Å². The summed E-state index contributed by atoms with van der Waals surface area (Å²) >= 11 is 0. The number of carbonyl (C=O) groups excluding carboxylic acids is 1. The van der Waals surface area contributed by atoms with Crippen LogP contribution < -0.4 is 10.6 Å². The first-order chi connectivity index (χ1) is 13.0. The van der Waals surface area contributed by atoms with Crippen molar-refractivity contribution < 1.29 is 23.6 Å². The van der Waals surface area contributed by atoms with Gasteiger partial charge in [-0.25, -0.2) is 14.0 Å². The molecule has 2 aromatic heterocycles. The minimum atomic E-state index is -1.27. The third-order valence-electron chi connectivity index (χ3n) is 3.71. The molecule has 0 saturated heterocycles. The lowest BCUT2D eigenvalue weighted by Crippen LogP contribution is -2.31. The van der Waals surface area contributed by atoms with Crippen LogP contribution in [0.5, 0.6) is 0 Å². The molecule has 2 amide bonds. The van der Waals surface area contributed by atoms with Crippen LogP contribution >= 0.6 is 0 Å². The number of pyridine rings is 1. The smallest absolute Gasteiger partial charge is 0.341 e. The third kappa shape index (κ3) is 4.09. The average molecular weight is 370 g/mol. The summed E-state index contributed by atoms with van der Waals surface area (Å²) in [6.45, 7) is 1.56. The molecule has 0 aliphatic carbocycles. The van der Waals surface area contributed by atoms with Gasteiger partial charge in [0.25, 0.3) is 0 Å². The number of halogens is 1. The van der Waals surface area contributed by atoms with Crippen LogP contribution in [0.4, 0.5) is 14.9 Å². The molecule has 9 heteroatoms. The zero-order chi connectivity index (χ0) is 19.4. The van der Waals surface area contributed by atoms with E-state index in [-0.39, 0.29) is 17.0 Å². The summed E-state index contributed by atoms with van der Waals surface area (Å²) in [5, 5.41) is 18.5. The number of rotatable bonds is 5. The topological polar surface area (TPSA) is 117 Å². The Kier molecular flexibility index (Phi) is 5.11. The third-order valence-corrected chi connectivity index (χ3v) is 3.71. The molecule has 8 nitrogen and oxygen atoms in total. The molecule has 0 bridgehead atoms. The van der Waals surface area contributed by atoms with Gasteiger partial charge in [0.05, 0.1) is 17.9 Å². The molecule has 0 aliphatic heterocycles. The van der Waals surface area contributed by atoms with Crippen LogP contribution in [0.25, 0.3) is 11.3 Å². The van der Waals surface area contributed by atoms with Crippen LogP contribution in [-0.4, -0.2) is 27.2 Å². The van der Waals surface area contributed by atoms with Crippen molar-refractivity contribution in [2.24, 2.45) is 0 Å². The highest BCUT2D eigenvalue weighted by Gasteiger charge is 2.28. The van der Waals surface area contributed by atoms with Crippen LogP contribution in [0.3, 0.4) is 0 Å². The Labute approximate surface area is 153 Å². The van der Waals surface area contributed by atoms with Gasteiger partial charge in [0.15, 0.2) is 5.76 Å². The number of hydrogen-bond acceptors (Lipinski definition) is 5. The fourth-order valence-electron chi connectivity index (χ4n) is 2.48. The Bertz CT molecular complexity index is 957. The lowest BCUT2D eigenvalue weighted by molar-refractivity contribution is 0.0694. The number of anilines is 1. The second-order valence-electron chi connectivity index (χ2n) is 5.64. The second kappa shape index (κ2) is 7.65. The van der Waals surface area contributed by atoms with Crippen LogP contribution in [0, 0.1) is 5.82 Å². The number of aromatic carboxylic acids is 1. The van der Waals surface area contributed by atoms with Gasteiger partial charge in [-0.3, -0.25) is 4.98 Å². The molecule has 0 unspecified atom stereocenters. The molecule has 0 radical (unpaired) electrons. The van der Waals surface area contributed by atoms with E-state index in [0.29, 0.717) is 11.3 Å². The van der Waals surface area contributed by atoms with Gasteiger partial charge in [0, 0.05) is 11.8 Å². The lowest BCUT2D eigenvalue weighted by Gasteiger charge is -2.12. The van der Waals surface area contributed by atoms with Gasteiger partial charge < -0.3 is 20.3 Å². The fourth-order valence-corrected chi connectivity index (χ4v) is 2.48. The molecule has 1 aromatic carbocycles. The zero-order valence-corrected chi connectivity index (χ0v) is 14.1. The number of urea groups is 1. The second-order valence-corrected chi connectivity index (χ2v) is 5.64. The van der Waals surface area contributed by atoms with Crippen LogP contribution in [0.2, 0.25) is 0 Å². The maximum Gasteiger partial charge on any atom is 0.341 e. The Morgan fingerprint density at radius 2 is 1.96 bits per heavy atom. The van der Waals surface area contributed by atoms with Gasteiger partial charge >= 0.3 is 12.0 Å². The number of carboxylic acids is 1. The maximum absolute atomic E-state index is 13.1. The molecule has 2 heterocycles. The number of nitrogens with zero attached hydrogens (tertiary/aromatic N) is 2. The van der Waals surface area contributed by atoms with E-state index in [4.69, 9.17) is 4.52 Å². The maximum atomic E-state index is 13.1. The summed E-state index contributed by atoms with van der Waals surface area (Å²) in [5.41, 5.74) is 0.718. The van der Waals surface area contributed by atoms with Gasteiger partial charge in [-0.1, -0.05) is 5.16 Å². The summed E-state index contributed by atoms with van der Waals surface area (Å²) in [4.78, 5) is 27.7. The van der Waals surface area contributed by atoms with Gasteiger partial charge in [0.2, 0.25) is 0 Å². The molecule has 27 heavy (non-hydrogen) atoms. The SMILES string of the molecule is C[C@@H](NC(=O)Nc1cccnc1)c1onc(-c2ccc(F)cc2)c1C(=O)O.